The Morgan fingerprint density at radius 2 is 1.86 bits per heavy atom. The van der Waals surface area contributed by atoms with Crippen molar-refractivity contribution in [1.82, 2.24) is 4.57 Å². The maximum atomic E-state index is 9.43. The lowest BCUT2D eigenvalue weighted by atomic mass is 9.95. The second-order valence-corrected chi connectivity index (χ2v) is 5.96. The number of aromatic nitrogens is 1. The number of rotatable bonds is 2. The number of anilines is 1. The van der Waals surface area contributed by atoms with E-state index in [2.05, 4.69) is 48.7 Å². The smallest absolute Gasteiger partial charge is 0.122 e. The lowest BCUT2D eigenvalue weighted by Crippen LogP contribution is -2.15. The number of benzene rings is 1. The molecule has 1 aliphatic rings. The van der Waals surface area contributed by atoms with Gasteiger partial charge in [0.15, 0.2) is 0 Å². The fraction of sp³-hybridized carbons (Fsp3) is 0.389. The first-order valence-corrected chi connectivity index (χ1v) is 7.61. The molecule has 3 nitrogen and oxygen atoms in total. The number of fused-ring (bicyclic) bond motifs is 1. The van der Waals surface area contributed by atoms with E-state index in [1.54, 1.807) is 0 Å². The second-order valence-electron chi connectivity index (χ2n) is 5.96. The minimum absolute atomic E-state index is 0.166. The largest absolute Gasteiger partial charge is 0.384 e. The molecular formula is C18H21N3. The Hall–Kier alpha value is -2.21. The van der Waals surface area contributed by atoms with Crippen LogP contribution in [0.3, 0.4) is 0 Å². The van der Waals surface area contributed by atoms with Crippen molar-refractivity contribution in [2.24, 2.45) is 0 Å². The molecule has 0 fully saturated rings. The van der Waals surface area contributed by atoms with Crippen molar-refractivity contribution in [3.05, 3.63) is 52.2 Å². The molecule has 108 valence electrons. The molecule has 2 N–H and O–H groups in total. The SMILES string of the molecule is Cc1ccc([C@@H](C)n2c(N)c(C#N)c3c2CCCC3)cc1. The Morgan fingerprint density at radius 1 is 1.19 bits per heavy atom. The summed E-state index contributed by atoms with van der Waals surface area (Å²) in [6.45, 7) is 4.26. The van der Waals surface area contributed by atoms with Gasteiger partial charge in [-0.1, -0.05) is 29.8 Å². The zero-order valence-electron chi connectivity index (χ0n) is 12.7. The summed E-state index contributed by atoms with van der Waals surface area (Å²) in [7, 11) is 0. The molecule has 3 rings (SSSR count). The summed E-state index contributed by atoms with van der Waals surface area (Å²) < 4.78 is 2.18. The van der Waals surface area contributed by atoms with Crippen molar-refractivity contribution in [3.63, 3.8) is 0 Å². The van der Waals surface area contributed by atoms with Gasteiger partial charge in [-0.2, -0.15) is 5.26 Å². The minimum Gasteiger partial charge on any atom is -0.384 e. The second kappa shape index (κ2) is 5.29. The highest BCUT2D eigenvalue weighted by molar-refractivity contribution is 5.60. The number of nitrogens with zero attached hydrogens (tertiary/aromatic N) is 2. The maximum absolute atomic E-state index is 9.43. The number of nitrogen functional groups attached to an aromatic ring is 1. The normalized spacial score (nSPS) is 15.3. The van der Waals surface area contributed by atoms with Crippen molar-refractivity contribution in [1.29, 1.82) is 5.26 Å². The number of hydrogen-bond donors (Lipinski definition) is 1. The van der Waals surface area contributed by atoms with Gasteiger partial charge in [-0.25, -0.2) is 0 Å². The number of nitrogens with two attached hydrogens (primary N) is 1. The third-order valence-corrected chi connectivity index (χ3v) is 4.61. The average molecular weight is 279 g/mol. The quantitative estimate of drug-likeness (QED) is 0.910. The Morgan fingerprint density at radius 3 is 2.52 bits per heavy atom. The predicted octanol–water partition coefficient (Wildman–Crippen LogP) is 3.74. The van der Waals surface area contributed by atoms with Crippen LogP contribution in [0.25, 0.3) is 0 Å². The summed E-state index contributed by atoms with van der Waals surface area (Å²) in [5.41, 5.74) is 11.9. The van der Waals surface area contributed by atoms with Crippen LogP contribution >= 0.6 is 0 Å². The van der Waals surface area contributed by atoms with Crippen molar-refractivity contribution in [3.8, 4) is 6.07 Å². The molecule has 0 bridgehead atoms. The van der Waals surface area contributed by atoms with Crippen LogP contribution in [0.1, 0.15) is 53.8 Å². The van der Waals surface area contributed by atoms with Gasteiger partial charge in [0, 0.05) is 5.69 Å². The van der Waals surface area contributed by atoms with E-state index < -0.39 is 0 Å². The molecular weight excluding hydrogens is 258 g/mol. The summed E-state index contributed by atoms with van der Waals surface area (Å²) in [5, 5.41) is 9.43. The highest BCUT2D eigenvalue weighted by Gasteiger charge is 2.26. The molecule has 1 heterocycles. The zero-order chi connectivity index (χ0) is 15.0. The van der Waals surface area contributed by atoms with Gasteiger partial charge in [0.25, 0.3) is 0 Å². The predicted molar refractivity (Wildman–Crippen MR) is 85.2 cm³/mol. The van der Waals surface area contributed by atoms with E-state index in [1.165, 1.54) is 28.8 Å². The Labute approximate surface area is 126 Å². The molecule has 0 radical (unpaired) electrons. The van der Waals surface area contributed by atoms with Crippen molar-refractivity contribution >= 4 is 5.82 Å². The van der Waals surface area contributed by atoms with Gasteiger partial charge in [-0.05, 0) is 50.7 Å². The molecule has 0 unspecified atom stereocenters. The van der Waals surface area contributed by atoms with Gasteiger partial charge >= 0.3 is 0 Å². The molecule has 0 saturated carbocycles. The van der Waals surface area contributed by atoms with Crippen molar-refractivity contribution in [2.75, 3.05) is 5.73 Å². The van der Waals surface area contributed by atoms with Crippen LogP contribution in [0.5, 0.6) is 0 Å². The van der Waals surface area contributed by atoms with E-state index in [9.17, 15) is 5.26 Å². The van der Waals surface area contributed by atoms with Crippen LogP contribution in [0.4, 0.5) is 5.82 Å². The first kappa shape index (κ1) is 13.8. The summed E-state index contributed by atoms with van der Waals surface area (Å²) >= 11 is 0. The third-order valence-electron chi connectivity index (χ3n) is 4.61. The molecule has 1 aromatic heterocycles. The van der Waals surface area contributed by atoms with Gasteiger partial charge in [-0.3, -0.25) is 0 Å². The summed E-state index contributed by atoms with van der Waals surface area (Å²) in [4.78, 5) is 0. The van der Waals surface area contributed by atoms with Crippen LogP contribution in [0.15, 0.2) is 24.3 Å². The molecule has 21 heavy (non-hydrogen) atoms. The molecule has 0 amide bonds. The van der Waals surface area contributed by atoms with Crippen LogP contribution < -0.4 is 5.73 Å². The molecule has 1 aliphatic carbocycles. The van der Waals surface area contributed by atoms with Gasteiger partial charge in [-0.15, -0.1) is 0 Å². The van der Waals surface area contributed by atoms with E-state index in [-0.39, 0.29) is 6.04 Å². The van der Waals surface area contributed by atoms with E-state index in [1.807, 2.05) is 0 Å². The topological polar surface area (TPSA) is 54.7 Å². The molecule has 1 aromatic carbocycles. The summed E-state index contributed by atoms with van der Waals surface area (Å²) in [6.07, 6.45) is 4.35. The first-order chi connectivity index (χ1) is 10.1. The van der Waals surface area contributed by atoms with Gasteiger partial charge in [0.05, 0.1) is 11.6 Å². The lowest BCUT2D eigenvalue weighted by molar-refractivity contribution is 0.577. The van der Waals surface area contributed by atoms with Gasteiger partial charge in [0.1, 0.15) is 11.9 Å². The summed E-state index contributed by atoms with van der Waals surface area (Å²) in [6, 6.07) is 11.0. The van der Waals surface area contributed by atoms with E-state index in [0.717, 1.165) is 19.3 Å². The molecule has 0 saturated heterocycles. The molecule has 0 aliphatic heterocycles. The minimum atomic E-state index is 0.166. The number of aryl methyl sites for hydroxylation is 1. The number of hydrogen-bond acceptors (Lipinski definition) is 2. The summed E-state index contributed by atoms with van der Waals surface area (Å²) in [5.74, 6) is 0.637. The van der Waals surface area contributed by atoms with E-state index in [4.69, 9.17) is 5.73 Å². The van der Waals surface area contributed by atoms with E-state index in [0.29, 0.717) is 11.4 Å². The zero-order valence-corrected chi connectivity index (χ0v) is 12.7. The Kier molecular flexibility index (Phi) is 3.47. The average Bonchev–Trinajstić information content (AvgIpc) is 2.78. The van der Waals surface area contributed by atoms with Crippen LogP contribution in [0, 0.1) is 18.3 Å². The fourth-order valence-electron chi connectivity index (χ4n) is 3.41. The third kappa shape index (κ3) is 2.21. The lowest BCUT2D eigenvalue weighted by Gasteiger charge is -2.22. The Balaban J connectivity index is 2.12. The van der Waals surface area contributed by atoms with Crippen LogP contribution in [-0.4, -0.2) is 4.57 Å². The molecule has 2 aromatic rings. The Bertz CT molecular complexity index is 702. The van der Waals surface area contributed by atoms with Crippen LogP contribution in [-0.2, 0) is 12.8 Å². The highest BCUT2D eigenvalue weighted by atomic mass is 15.1. The molecule has 0 spiro atoms. The fourth-order valence-corrected chi connectivity index (χ4v) is 3.41. The number of nitriles is 1. The van der Waals surface area contributed by atoms with Gasteiger partial charge in [0.2, 0.25) is 0 Å². The standard InChI is InChI=1S/C18H21N3/c1-12-7-9-14(10-8-12)13(2)21-17-6-4-3-5-15(17)16(11-19)18(21)20/h7-10,13H,3-6,20H2,1-2H3/t13-/m1/s1. The van der Waals surface area contributed by atoms with Crippen molar-refractivity contribution in [2.45, 2.75) is 45.6 Å². The molecule has 1 atom stereocenters. The van der Waals surface area contributed by atoms with Crippen molar-refractivity contribution < 1.29 is 0 Å². The van der Waals surface area contributed by atoms with E-state index >= 15 is 0 Å². The maximum Gasteiger partial charge on any atom is 0.122 e. The highest BCUT2D eigenvalue weighted by Crippen LogP contribution is 2.35. The molecule has 3 heteroatoms. The first-order valence-electron chi connectivity index (χ1n) is 7.61. The van der Waals surface area contributed by atoms with Gasteiger partial charge < -0.3 is 10.3 Å². The monoisotopic (exact) mass is 279 g/mol. The van der Waals surface area contributed by atoms with Crippen LogP contribution in [0.2, 0.25) is 0 Å².